The van der Waals surface area contributed by atoms with Crippen molar-refractivity contribution in [2.24, 2.45) is 0 Å². The van der Waals surface area contributed by atoms with Crippen LogP contribution in [-0.2, 0) is 19.6 Å². The summed E-state index contributed by atoms with van der Waals surface area (Å²) in [5, 5.41) is 7.13. The van der Waals surface area contributed by atoms with E-state index in [1.165, 1.54) is 4.68 Å². The summed E-state index contributed by atoms with van der Waals surface area (Å²) in [6, 6.07) is 5.40. The molecule has 1 N–H and O–H groups in total. The Hall–Kier alpha value is -1.40. The van der Waals surface area contributed by atoms with Crippen molar-refractivity contribution in [1.82, 2.24) is 15.1 Å². The Balaban J connectivity index is 0.00000162. The molecule has 4 nitrogen and oxygen atoms in total. The summed E-state index contributed by atoms with van der Waals surface area (Å²) >= 11 is 0. The van der Waals surface area contributed by atoms with E-state index in [0.29, 0.717) is 13.1 Å². The normalized spacial score (nSPS) is 10.6. The minimum absolute atomic E-state index is 0. The molecule has 7 heteroatoms. The molecule has 0 spiro atoms. The molecule has 2 aromatic rings. The van der Waals surface area contributed by atoms with E-state index in [4.69, 9.17) is 4.42 Å². The topological polar surface area (TPSA) is 43.0 Å². The number of hydrogen-bond acceptors (Lipinski definition) is 3. The zero-order chi connectivity index (χ0) is 12.1. The first-order valence-corrected chi connectivity index (χ1v) is 5.27. The Morgan fingerprint density at radius 3 is 2.83 bits per heavy atom. The number of alkyl halides is 2. The van der Waals surface area contributed by atoms with Gasteiger partial charge in [-0.1, -0.05) is 0 Å². The van der Waals surface area contributed by atoms with Crippen LogP contribution in [0.2, 0.25) is 0 Å². The summed E-state index contributed by atoms with van der Waals surface area (Å²) < 4.78 is 30.5. The zero-order valence-electron chi connectivity index (χ0n) is 9.55. The second-order valence-electron chi connectivity index (χ2n) is 3.60. The van der Waals surface area contributed by atoms with Gasteiger partial charge in [-0.2, -0.15) is 5.10 Å². The lowest BCUT2D eigenvalue weighted by Gasteiger charge is -2.00. The van der Waals surface area contributed by atoms with E-state index in [1.54, 1.807) is 18.5 Å². The number of nitrogens with one attached hydrogen (secondary N) is 1. The first-order valence-electron chi connectivity index (χ1n) is 5.27. The van der Waals surface area contributed by atoms with Gasteiger partial charge in [-0.05, 0) is 18.2 Å². The van der Waals surface area contributed by atoms with Crippen LogP contribution in [0.3, 0.4) is 0 Å². The van der Waals surface area contributed by atoms with Crippen LogP contribution >= 0.6 is 12.4 Å². The first-order chi connectivity index (χ1) is 8.24. The van der Waals surface area contributed by atoms with E-state index in [-0.39, 0.29) is 19.0 Å². The van der Waals surface area contributed by atoms with Crippen LogP contribution in [0.5, 0.6) is 0 Å². The lowest BCUT2D eigenvalue weighted by atomic mass is 10.4. The van der Waals surface area contributed by atoms with Crippen LogP contribution in [0.1, 0.15) is 11.5 Å². The molecule has 0 atom stereocenters. The van der Waals surface area contributed by atoms with E-state index in [2.05, 4.69) is 10.4 Å². The van der Waals surface area contributed by atoms with E-state index in [0.717, 1.165) is 11.5 Å². The third kappa shape index (κ3) is 4.46. The summed E-state index contributed by atoms with van der Waals surface area (Å²) in [7, 11) is 0. The molecule has 0 aliphatic carbocycles. The minimum Gasteiger partial charge on any atom is -0.468 e. The molecule has 0 radical (unpaired) electrons. The fourth-order valence-corrected chi connectivity index (χ4v) is 1.47. The average molecular weight is 278 g/mol. The maximum Gasteiger partial charge on any atom is 0.257 e. The number of nitrogens with zero attached hydrogens (tertiary/aromatic N) is 2. The van der Waals surface area contributed by atoms with E-state index in [9.17, 15) is 8.78 Å². The summed E-state index contributed by atoms with van der Waals surface area (Å²) in [6.45, 7) is 0.754. The van der Waals surface area contributed by atoms with Gasteiger partial charge in [0, 0.05) is 12.7 Å². The molecule has 100 valence electrons. The molecule has 0 saturated heterocycles. The van der Waals surface area contributed by atoms with Gasteiger partial charge >= 0.3 is 0 Å². The molecule has 0 aromatic carbocycles. The van der Waals surface area contributed by atoms with Crippen molar-refractivity contribution in [2.45, 2.75) is 26.1 Å². The second-order valence-corrected chi connectivity index (χ2v) is 3.60. The third-order valence-electron chi connectivity index (χ3n) is 2.21. The molecular formula is C11H14ClF2N3O. The number of halogens is 3. The highest BCUT2D eigenvalue weighted by atomic mass is 35.5. The van der Waals surface area contributed by atoms with Crippen LogP contribution in [0.4, 0.5) is 8.78 Å². The summed E-state index contributed by atoms with van der Waals surface area (Å²) in [5.74, 6) is 0.831. The molecule has 0 saturated carbocycles. The molecule has 0 aliphatic heterocycles. The number of furan rings is 1. The van der Waals surface area contributed by atoms with Crippen LogP contribution < -0.4 is 5.32 Å². The highest BCUT2D eigenvalue weighted by molar-refractivity contribution is 5.85. The van der Waals surface area contributed by atoms with Crippen molar-refractivity contribution in [3.8, 4) is 0 Å². The summed E-state index contributed by atoms with van der Waals surface area (Å²) in [4.78, 5) is 0. The molecule has 0 bridgehead atoms. The fraction of sp³-hybridized carbons (Fsp3) is 0.364. The number of hydrogen-bond donors (Lipinski definition) is 1. The van der Waals surface area contributed by atoms with E-state index in [1.807, 2.05) is 12.1 Å². The van der Waals surface area contributed by atoms with Crippen molar-refractivity contribution in [3.63, 3.8) is 0 Å². The number of rotatable bonds is 6. The molecular weight excluding hydrogens is 264 g/mol. The third-order valence-corrected chi connectivity index (χ3v) is 2.21. The Morgan fingerprint density at radius 2 is 2.17 bits per heavy atom. The van der Waals surface area contributed by atoms with Crippen molar-refractivity contribution < 1.29 is 13.2 Å². The molecule has 2 rings (SSSR count). The standard InChI is InChI=1S/C11H13F2N3O.ClH/c12-11(13)8-16-4-3-9(15-16)6-14-7-10-2-1-5-17-10;/h1-5,11,14H,6-8H2;1H. The van der Waals surface area contributed by atoms with E-state index < -0.39 is 6.43 Å². The van der Waals surface area contributed by atoms with Crippen LogP contribution in [-0.4, -0.2) is 16.2 Å². The Morgan fingerprint density at radius 1 is 1.33 bits per heavy atom. The largest absolute Gasteiger partial charge is 0.468 e. The van der Waals surface area contributed by atoms with Gasteiger partial charge in [-0.25, -0.2) is 8.78 Å². The average Bonchev–Trinajstić information content (AvgIpc) is 2.89. The van der Waals surface area contributed by atoms with Gasteiger partial charge in [0.15, 0.2) is 0 Å². The van der Waals surface area contributed by atoms with Crippen LogP contribution in [0.15, 0.2) is 35.1 Å². The molecule has 18 heavy (non-hydrogen) atoms. The maximum absolute atomic E-state index is 12.1. The van der Waals surface area contributed by atoms with Gasteiger partial charge in [-0.15, -0.1) is 12.4 Å². The zero-order valence-corrected chi connectivity index (χ0v) is 10.4. The van der Waals surface area contributed by atoms with Crippen molar-refractivity contribution in [1.29, 1.82) is 0 Å². The number of aromatic nitrogens is 2. The van der Waals surface area contributed by atoms with Crippen LogP contribution in [0, 0.1) is 0 Å². The van der Waals surface area contributed by atoms with Crippen LogP contribution in [0.25, 0.3) is 0 Å². The highest BCUT2D eigenvalue weighted by Gasteiger charge is 2.05. The van der Waals surface area contributed by atoms with Gasteiger partial charge < -0.3 is 9.73 Å². The van der Waals surface area contributed by atoms with Gasteiger partial charge in [0.1, 0.15) is 12.3 Å². The Labute approximate surface area is 109 Å². The predicted octanol–water partition coefficient (Wildman–Crippen LogP) is 2.45. The lowest BCUT2D eigenvalue weighted by Crippen LogP contribution is -2.13. The van der Waals surface area contributed by atoms with Gasteiger partial charge in [-0.3, -0.25) is 4.68 Å². The molecule has 0 unspecified atom stereocenters. The Bertz CT molecular complexity index is 445. The SMILES string of the molecule is Cl.FC(F)Cn1ccc(CNCc2ccco2)n1. The molecule has 0 aliphatic rings. The van der Waals surface area contributed by atoms with Gasteiger partial charge in [0.25, 0.3) is 6.43 Å². The molecule has 2 heterocycles. The highest BCUT2D eigenvalue weighted by Crippen LogP contribution is 2.02. The predicted molar refractivity (Wildman–Crippen MR) is 64.7 cm³/mol. The first kappa shape index (κ1) is 14.7. The van der Waals surface area contributed by atoms with Gasteiger partial charge in [0.2, 0.25) is 0 Å². The fourth-order valence-electron chi connectivity index (χ4n) is 1.47. The molecule has 0 amide bonds. The monoisotopic (exact) mass is 277 g/mol. The minimum atomic E-state index is -2.38. The van der Waals surface area contributed by atoms with Gasteiger partial charge in [0.05, 0.1) is 18.5 Å². The van der Waals surface area contributed by atoms with E-state index >= 15 is 0 Å². The second kappa shape index (κ2) is 7.13. The van der Waals surface area contributed by atoms with Crippen molar-refractivity contribution in [2.75, 3.05) is 0 Å². The lowest BCUT2D eigenvalue weighted by molar-refractivity contribution is 0.121. The quantitative estimate of drug-likeness (QED) is 0.882. The summed E-state index contributed by atoms with van der Waals surface area (Å²) in [6.07, 6.45) is 0.781. The van der Waals surface area contributed by atoms with Crippen molar-refractivity contribution in [3.05, 3.63) is 42.1 Å². The smallest absolute Gasteiger partial charge is 0.257 e. The maximum atomic E-state index is 12.1. The summed E-state index contributed by atoms with van der Waals surface area (Å²) in [5.41, 5.74) is 0.734. The van der Waals surface area contributed by atoms with Crippen molar-refractivity contribution >= 4 is 12.4 Å². The Kier molecular flexibility index (Phi) is 5.80. The molecule has 2 aromatic heterocycles. The molecule has 0 fully saturated rings.